The molecule has 1 amide bonds. The molecule has 2 N–H and O–H groups in total. The third kappa shape index (κ3) is 7.69. The molecule has 0 radical (unpaired) electrons. The average molecular weight is 523 g/mol. The fourth-order valence-electron chi connectivity index (χ4n) is 4.07. The molecule has 1 aliphatic heterocycles. The van der Waals surface area contributed by atoms with Gasteiger partial charge in [-0.2, -0.15) is 5.10 Å². The molecule has 0 aliphatic carbocycles. The number of phenols is 1. The Kier molecular flexibility index (Phi) is 9.37. The fourth-order valence-corrected chi connectivity index (χ4v) is 4.25. The van der Waals surface area contributed by atoms with E-state index in [2.05, 4.69) is 50.7 Å². The van der Waals surface area contributed by atoms with Crippen LogP contribution in [0.25, 0.3) is 0 Å². The lowest BCUT2D eigenvalue weighted by Crippen LogP contribution is -2.47. The first-order valence-corrected chi connectivity index (χ1v) is 12.5. The van der Waals surface area contributed by atoms with Gasteiger partial charge < -0.3 is 14.6 Å². The number of piperazine rings is 1. The maximum atomic E-state index is 12.2. The Hall–Kier alpha value is -3.59. The lowest BCUT2D eigenvalue weighted by atomic mass is 10.2. The summed E-state index contributed by atoms with van der Waals surface area (Å²) in [4.78, 5) is 17.1. The van der Waals surface area contributed by atoms with Crippen molar-refractivity contribution in [3.8, 4) is 17.2 Å². The van der Waals surface area contributed by atoms with E-state index in [-0.39, 0.29) is 16.3 Å². The highest BCUT2D eigenvalue weighted by Crippen LogP contribution is 2.24. The predicted molar refractivity (Wildman–Crippen MR) is 145 cm³/mol. The Bertz CT molecular complexity index is 1210. The summed E-state index contributed by atoms with van der Waals surface area (Å²) in [6.45, 7) is 6.59. The number of carbonyl (C=O) groups is 1. The van der Waals surface area contributed by atoms with Crippen molar-refractivity contribution in [3.63, 3.8) is 0 Å². The highest BCUT2D eigenvalue weighted by atomic mass is 35.5. The van der Waals surface area contributed by atoms with Gasteiger partial charge in [0, 0.05) is 56.5 Å². The molecule has 3 aromatic carbocycles. The summed E-state index contributed by atoms with van der Waals surface area (Å²) < 4.78 is 11.4. The van der Waals surface area contributed by atoms with Gasteiger partial charge in [0.1, 0.15) is 23.9 Å². The third-order valence-corrected chi connectivity index (χ3v) is 6.48. The topological polar surface area (TPSA) is 86.6 Å². The normalized spacial score (nSPS) is 14.5. The highest BCUT2D eigenvalue weighted by Gasteiger charge is 2.17. The van der Waals surface area contributed by atoms with Gasteiger partial charge in [-0.3, -0.25) is 14.6 Å². The Morgan fingerprint density at radius 1 is 1.05 bits per heavy atom. The van der Waals surface area contributed by atoms with Gasteiger partial charge in [0.2, 0.25) is 0 Å². The maximum Gasteiger partial charge on any atom is 0.271 e. The fraction of sp³-hybridized carbons (Fsp3) is 0.286. The van der Waals surface area contributed by atoms with Crippen LogP contribution in [0.2, 0.25) is 5.02 Å². The minimum Gasteiger partial charge on any atom is -0.506 e. The van der Waals surface area contributed by atoms with Crippen LogP contribution in [0.1, 0.15) is 21.5 Å². The molecule has 37 heavy (non-hydrogen) atoms. The van der Waals surface area contributed by atoms with Gasteiger partial charge >= 0.3 is 0 Å². The van der Waals surface area contributed by atoms with Gasteiger partial charge in [-0.1, -0.05) is 41.9 Å². The van der Waals surface area contributed by atoms with Gasteiger partial charge in [-0.25, -0.2) is 5.43 Å². The first-order valence-electron chi connectivity index (χ1n) is 12.1. The molecule has 0 unspecified atom stereocenters. The van der Waals surface area contributed by atoms with Crippen LogP contribution in [0.5, 0.6) is 17.2 Å². The van der Waals surface area contributed by atoms with Crippen LogP contribution >= 0.6 is 11.6 Å². The van der Waals surface area contributed by atoms with Crippen molar-refractivity contribution in [2.75, 3.05) is 46.4 Å². The molecule has 194 valence electrons. The average Bonchev–Trinajstić information content (AvgIpc) is 2.92. The van der Waals surface area contributed by atoms with E-state index in [0.29, 0.717) is 23.7 Å². The molecule has 1 fully saturated rings. The summed E-state index contributed by atoms with van der Waals surface area (Å²) in [5, 5.41) is 13.6. The standard InChI is InChI=1S/C28H31ClN4O4/c1-36-27-18-24(9-7-23(27)19-30-31-28(35)22-8-10-26(34)25(29)17-22)37-16-15-32-11-13-33(14-12-32)20-21-5-3-2-4-6-21/h2-10,17-19,34H,11-16,20H2,1H3,(H,31,35). The quantitative estimate of drug-likeness (QED) is 0.309. The van der Waals surface area contributed by atoms with Gasteiger partial charge in [-0.05, 0) is 35.9 Å². The van der Waals surface area contributed by atoms with Crippen LogP contribution in [0.3, 0.4) is 0 Å². The number of ether oxygens (including phenoxy) is 2. The first kappa shape index (κ1) is 26.5. The maximum absolute atomic E-state index is 12.2. The zero-order chi connectivity index (χ0) is 26.0. The molecule has 1 saturated heterocycles. The molecule has 0 bridgehead atoms. The number of nitrogens with one attached hydrogen (secondary N) is 1. The van der Waals surface area contributed by atoms with Crippen LogP contribution < -0.4 is 14.9 Å². The van der Waals surface area contributed by atoms with E-state index in [0.717, 1.165) is 39.3 Å². The molecule has 0 spiro atoms. The van der Waals surface area contributed by atoms with Crippen molar-refractivity contribution >= 4 is 23.7 Å². The number of methoxy groups -OCH3 is 1. The molecule has 1 heterocycles. The summed E-state index contributed by atoms with van der Waals surface area (Å²) in [6.07, 6.45) is 1.50. The second kappa shape index (κ2) is 13.1. The SMILES string of the molecule is COc1cc(OCCN2CCN(Cc3ccccc3)CC2)ccc1C=NNC(=O)c1ccc(O)c(Cl)c1. The molecule has 0 aromatic heterocycles. The van der Waals surface area contributed by atoms with Crippen LogP contribution in [0.4, 0.5) is 0 Å². The van der Waals surface area contributed by atoms with E-state index >= 15 is 0 Å². The summed E-state index contributed by atoms with van der Waals surface area (Å²) in [7, 11) is 1.57. The number of nitrogens with zero attached hydrogens (tertiary/aromatic N) is 3. The number of hydrogen-bond acceptors (Lipinski definition) is 7. The molecule has 3 aromatic rings. The molecular formula is C28H31ClN4O4. The smallest absolute Gasteiger partial charge is 0.271 e. The van der Waals surface area contributed by atoms with Crippen molar-refractivity contribution in [3.05, 3.63) is 88.4 Å². The number of phenolic OH excluding ortho intramolecular Hbond substituents is 1. The van der Waals surface area contributed by atoms with E-state index in [1.807, 2.05) is 12.1 Å². The van der Waals surface area contributed by atoms with Gasteiger partial charge in [0.05, 0.1) is 18.3 Å². The second-order valence-corrected chi connectivity index (χ2v) is 9.13. The summed E-state index contributed by atoms with van der Waals surface area (Å²) in [5.74, 6) is 0.755. The van der Waals surface area contributed by atoms with Crippen molar-refractivity contribution in [1.29, 1.82) is 0 Å². The molecular weight excluding hydrogens is 492 g/mol. The number of rotatable bonds is 10. The van der Waals surface area contributed by atoms with Crippen LogP contribution in [0, 0.1) is 0 Å². The van der Waals surface area contributed by atoms with Gasteiger partial charge in [-0.15, -0.1) is 0 Å². The number of benzene rings is 3. The Morgan fingerprint density at radius 3 is 2.54 bits per heavy atom. The Morgan fingerprint density at radius 2 is 1.81 bits per heavy atom. The Labute approximate surface area is 222 Å². The third-order valence-electron chi connectivity index (χ3n) is 6.17. The molecule has 8 nitrogen and oxygen atoms in total. The molecule has 4 rings (SSSR count). The van der Waals surface area contributed by atoms with E-state index < -0.39 is 5.91 Å². The van der Waals surface area contributed by atoms with Crippen molar-refractivity contribution in [2.24, 2.45) is 5.10 Å². The van der Waals surface area contributed by atoms with Crippen LogP contribution in [-0.2, 0) is 6.54 Å². The predicted octanol–water partition coefficient (Wildman–Crippen LogP) is 4.01. The number of hydrogen-bond donors (Lipinski definition) is 2. The molecule has 9 heteroatoms. The number of hydrazone groups is 1. The summed E-state index contributed by atoms with van der Waals surface area (Å²) >= 11 is 5.85. The lowest BCUT2D eigenvalue weighted by molar-refractivity contribution is 0.0955. The number of amides is 1. The first-order chi connectivity index (χ1) is 18.0. The van der Waals surface area contributed by atoms with Gasteiger partial charge in [0.15, 0.2) is 0 Å². The number of halogens is 1. The zero-order valence-corrected chi connectivity index (χ0v) is 21.5. The zero-order valence-electron chi connectivity index (χ0n) is 20.8. The second-order valence-electron chi connectivity index (χ2n) is 8.72. The summed E-state index contributed by atoms with van der Waals surface area (Å²) in [5.41, 5.74) is 4.77. The van der Waals surface area contributed by atoms with Crippen LogP contribution in [0.15, 0.2) is 71.8 Å². The van der Waals surface area contributed by atoms with E-state index in [4.69, 9.17) is 21.1 Å². The summed E-state index contributed by atoms with van der Waals surface area (Å²) in [6, 6.07) is 20.3. The monoisotopic (exact) mass is 522 g/mol. The number of carbonyl (C=O) groups excluding carboxylic acids is 1. The van der Waals surface area contributed by atoms with Crippen LogP contribution in [-0.4, -0.2) is 73.5 Å². The van der Waals surface area contributed by atoms with Crippen molar-refractivity contribution in [1.82, 2.24) is 15.2 Å². The van der Waals surface area contributed by atoms with E-state index in [9.17, 15) is 9.90 Å². The largest absolute Gasteiger partial charge is 0.506 e. The van der Waals surface area contributed by atoms with Gasteiger partial charge in [0.25, 0.3) is 5.91 Å². The minimum atomic E-state index is -0.446. The van der Waals surface area contributed by atoms with Crippen molar-refractivity contribution < 1.29 is 19.4 Å². The molecule has 0 saturated carbocycles. The van der Waals surface area contributed by atoms with E-state index in [1.165, 1.54) is 30.0 Å². The van der Waals surface area contributed by atoms with E-state index in [1.54, 1.807) is 13.2 Å². The molecule has 0 atom stereocenters. The minimum absolute atomic E-state index is 0.0878. The number of aromatic hydroxyl groups is 1. The van der Waals surface area contributed by atoms with Crippen molar-refractivity contribution in [2.45, 2.75) is 6.54 Å². The lowest BCUT2D eigenvalue weighted by Gasteiger charge is -2.34. The Balaban J connectivity index is 1.22. The molecule has 1 aliphatic rings. The highest BCUT2D eigenvalue weighted by molar-refractivity contribution is 6.32.